The lowest BCUT2D eigenvalue weighted by molar-refractivity contribution is -0.132. The minimum Gasteiger partial charge on any atom is -0.347 e. The average molecular weight is 397 g/mol. The first-order valence-corrected chi connectivity index (χ1v) is 10.4. The van der Waals surface area contributed by atoms with Gasteiger partial charge in [-0.2, -0.15) is 0 Å². The lowest BCUT2D eigenvalue weighted by Crippen LogP contribution is -2.35. The van der Waals surface area contributed by atoms with E-state index in [-0.39, 0.29) is 17.8 Å². The van der Waals surface area contributed by atoms with Gasteiger partial charge in [0.05, 0.1) is 12.4 Å². The van der Waals surface area contributed by atoms with Crippen LogP contribution < -0.4 is 0 Å². The van der Waals surface area contributed by atoms with Crippen molar-refractivity contribution in [1.29, 1.82) is 0 Å². The van der Waals surface area contributed by atoms with Gasteiger partial charge < -0.3 is 9.88 Å². The van der Waals surface area contributed by atoms with Gasteiger partial charge in [0.25, 0.3) is 0 Å². The van der Waals surface area contributed by atoms with Gasteiger partial charge >= 0.3 is 0 Å². The Balaban J connectivity index is 1.53. The van der Waals surface area contributed by atoms with Crippen LogP contribution in [0.25, 0.3) is 0 Å². The van der Waals surface area contributed by atoms with Crippen LogP contribution in [0.1, 0.15) is 44.0 Å². The summed E-state index contributed by atoms with van der Waals surface area (Å²) in [7, 11) is 0. The fourth-order valence-corrected chi connectivity index (χ4v) is 4.88. The van der Waals surface area contributed by atoms with E-state index in [9.17, 15) is 9.18 Å². The molecular weight excluding hydrogens is 367 g/mol. The molecule has 1 amide bonds. The van der Waals surface area contributed by atoms with Crippen LogP contribution in [0.15, 0.2) is 48.4 Å². The molecule has 0 saturated carbocycles. The number of carbonyl (C=O) groups excluding carboxylic acids is 1. The van der Waals surface area contributed by atoms with E-state index >= 15 is 0 Å². The van der Waals surface area contributed by atoms with Crippen molar-refractivity contribution in [2.24, 2.45) is 11.8 Å². The zero-order valence-corrected chi connectivity index (χ0v) is 17.1. The second kappa shape index (κ2) is 8.49. The van der Waals surface area contributed by atoms with Crippen LogP contribution in [0.2, 0.25) is 0 Å². The summed E-state index contributed by atoms with van der Waals surface area (Å²) in [6, 6.07) is 6.73. The highest BCUT2D eigenvalue weighted by Crippen LogP contribution is 2.45. The van der Waals surface area contributed by atoms with E-state index in [1.54, 1.807) is 18.5 Å². The predicted octanol–water partition coefficient (Wildman–Crippen LogP) is 3.93. The van der Waals surface area contributed by atoms with Crippen molar-refractivity contribution in [3.63, 3.8) is 0 Å². The minimum absolute atomic E-state index is 0.0540. The van der Waals surface area contributed by atoms with E-state index in [4.69, 9.17) is 0 Å². The van der Waals surface area contributed by atoms with Crippen molar-refractivity contribution in [1.82, 2.24) is 19.8 Å². The van der Waals surface area contributed by atoms with Gasteiger partial charge in [-0.25, -0.2) is 9.37 Å². The number of aromatic nitrogens is 2. The number of rotatable bonds is 6. The third-order valence-electron chi connectivity index (χ3n) is 6.11. The molecule has 154 valence electrons. The van der Waals surface area contributed by atoms with Gasteiger partial charge in [-0.3, -0.25) is 9.69 Å². The Morgan fingerprint density at radius 2 is 2.17 bits per heavy atom. The Morgan fingerprint density at radius 3 is 2.90 bits per heavy atom. The van der Waals surface area contributed by atoms with Crippen molar-refractivity contribution >= 4 is 5.91 Å². The Hall–Kier alpha value is -2.47. The second-order valence-electron chi connectivity index (χ2n) is 8.56. The number of aromatic amines is 1. The monoisotopic (exact) mass is 396 g/mol. The number of nitrogens with one attached hydrogen (secondary N) is 1. The van der Waals surface area contributed by atoms with Crippen LogP contribution in [-0.4, -0.2) is 45.3 Å². The molecule has 2 saturated heterocycles. The van der Waals surface area contributed by atoms with Gasteiger partial charge in [0, 0.05) is 50.4 Å². The third kappa shape index (κ3) is 4.42. The van der Waals surface area contributed by atoms with Gasteiger partial charge in [-0.15, -0.1) is 0 Å². The van der Waals surface area contributed by atoms with Gasteiger partial charge in [0.2, 0.25) is 5.91 Å². The molecule has 5 nitrogen and oxygen atoms in total. The largest absolute Gasteiger partial charge is 0.347 e. The molecule has 2 aliphatic rings. The molecule has 6 heteroatoms. The average Bonchev–Trinajstić information content (AvgIpc) is 3.37. The number of allylic oxidation sites excluding steroid dienone is 2. The molecular formula is C23H29FN4O. The number of imidazole rings is 1. The van der Waals surface area contributed by atoms with Crippen LogP contribution in [-0.2, 0) is 11.3 Å². The lowest BCUT2D eigenvalue weighted by atomic mass is 9.89. The first kappa shape index (κ1) is 19.8. The van der Waals surface area contributed by atoms with Crippen molar-refractivity contribution in [3.05, 3.63) is 65.5 Å². The number of nitrogens with zero attached hydrogens (tertiary/aromatic N) is 3. The summed E-state index contributed by atoms with van der Waals surface area (Å²) in [6.07, 6.45) is 6.94. The van der Waals surface area contributed by atoms with Crippen molar-refractivity contribution in [3.8, 4) is 0 Å². The number of fused-ring (bicyclic) bond motifs is 1. The summed E-state index contributed by atoms with van der Waals surface area (Å²) in [4.78, 5) is 24.7. The maximum atomic E-state index is 14.0. The molecule has 2 aromatic rings. The number of hydrogen-bond donors (Lipinski definition) is 1. The van der Waals surface area contributed by atoms with Gasteiger partial charge in [-0.1, -0.05) is 23.8 Å². The van der Waals surface area contributed by atoms with Gasteiger partial charge in [0.1, 0.15) is 5.82 Å². The summed E-state index contributed by atoms with van der Waals surface area (Å²) in [5, 5.41) is 0. The molecule has 0 radical (unpaired) electrons. The molecule has 0 spiro atoms. The van der Waals surface area contributed by atoms with Crippen LogP contribution in [0.3, 0.4) is 0 Å². The maximum Gasteiger partial charge on any atom is 0.223 e. The molecule has 1 N–H and O–H groups in total. The molecule has 4 rings (SSSR count). The van der Waals surface area contributed by atoms with Crippen LogP contribution in [0, 0.1) is 17.7 Å². The highest BCUT2D eigenvalue weighted by molar-refractivity contribution is 5.77. The summed E-state index contributed by atoms with van der Waals surface area (Å²) < 4.78 is 14.0. The Kier molecular flexibility index (Phi) is 5.81. The van der Waals surface area contributed by atoms with Crippen LogP contribution in [0.5, 0.6) is 0 Å². The summed E-state index contributed by atoms with van der Waals surface area (Å²) in [6.45, 7) is 7.54. The Labute approximate surface area is 171 Å². The summed E-state index contributed by atoms with van der Waals surface area (Å²) in [5.41, 5.74) is 3.24. The van der Waals surface area contributed by atoms with Crippen molar-refractivity contribution in [2.45, 2.75) is 39.3 Å². The van der Waals surface area contributed by atoms with E-state index in [1.165, 1.54) is 11.6 Å². The highest BCUT2D eigenvalue weighted by Gasteiger charge is 2.48. The summed E-state index contributed by atoms with van der Waals surface area (Å²) >= 11 is 0. The van der Waals surface area contributed by atoms with Crippen LogP contribution >= 0.6 is 0 Å². The smallest absolute Gasteiger partial charge is 0.223 e. The predicted molar refractivity (Wildman–Crippen MR) is 110 cm³/mol. The minimum atomic E-state index is -0.241. The molecule has 3 atom stereocenters. The first-order valence-electron chi connectivity index (χ1n) is 10.4. The molecule has 0 aliphatic carbocycles. The molecule has 0 bridgehead atoms. The molecule has 29 heavy (non-hydrogen) atoms. The van der Waals surface area contributed by atoms with Crippen LogP contribution in [0.4, 0.5) is 4.39 Å². The number of H-pyrrole nitrogens is 1. The number of amides is 1. The highest BCUT2D eigenvalue weighted by atomic mass is 19.1. The van der Waals surface area contributed by atoms with E-state index in [2.05, 4.69) is 34.8 Å². The molecule has 3 heterocycles. The maximum absolute atomic E-state index is 14.0. The molecule has 1 aromatic heterocycles. The topological polar surface area (TPSA) is 52.2 Å². The molecule has 2 aliphatic heterocycles. The van der Waals surface area contributed by atoms with Crippen molar-refractivity contribution < 1.29 is 9.18 Å². The standard InChI is InChI=1S/C23H29FN4O/c1-16(2)5-3-8-22(29)28-12-18-11-27(13-20-10-25-15-26-20)14-21(18)23(28)17-6-4-7-19(24)9-17/h4-7,9-10,15,18,21,23H,3,8,11-14H2,1-2H3,(H,25,26)/t18-,21-,23+/m0/s1. The number of likely N-dealkylation sites (tertiary alicyclic amines) is 2. The van der Waals surface area contributed by atoms with Gasteiger partial charge in [0.15, 0.2) is 0 Å². The zero-order valence-electron chi connectivity index (χ0n) is 17.1. The molecule has 1 aromatic carbocycles. The number of carbonyl (C=O) groups is 1. The van der Waals surface area contributed by atoms with E-state index in [0.717, 1.165) is 43.9 Å². The van der Waals surface area contributed by atoms with Gasteiger partial charge in [-0.05, 0) is 43.9 Å². The number of halogens is 1. The van der Waals surface area contributed by atoms with E-state index < -0.39 is 0 Å². The SMILES string of the molecule is CC(C)=CCCC(=O)N1C[C@@H]2CN(Cc3cnc[nH]3)C[C@@H]2[C@H]1c1cccc(F)c1. The fourth-order valence-electron chi connectivity index (χ4n) is 4.88. The quantitative estimate of drug-likeness (QED) is 0.753. The Bertz CT molecular complexity index is 875. The lowest BCUT2D eigenvalue weighted by Gasteiger charge is -2.30. The summed E-state index contributed by atoms with van der Waals surface area (Å²) in [5.74, 6) is 0.673. The van der Waals surface area contributed by atoms with E-state index in [0.29, 0.717) is 18.3 Å². The molecule has 2 fully saturated rings. The normalized spacial score (nSPS) is 24.0. The zero-order chi connectivity index (χ0) is 20.4. The fraction of sp³-hybridized carbons (Fsp3) is 0.478. The van der Waals surface area contributed by atoms with Crippen molar-refractivity contribution in [2.75, 3.05) is 19.6 Å². The second-order valence-corrected chi connectivity index (χ2v) is 8.56. The third-order valence-corrected chi connectivity index (χ3v) is 6.11. The Morgan fingerprint density at radius 1 is 1.31 bits per heavy atom. The first-order chi connectivity index (χ1) is 14.0. The number of benzene rings is 1. The molecule has 0 unspecified atom stereocenters. The van der Waals surface area contributed by atoms with E-state index in [1.807, 2.05) is 17.2 Å². The number of hydrogen-bond acceptors (Lipinski definition) is 3.